The number of rotatable bonds is 8. The maximum Gasteiger partial charge on any atom is 0.387 e. The number of hydrogen-bond acceptors (Lipinski definition) is 4. The number of carbonyl (C=O) groups excluding carboxylic acids is 1. The first-order chi connectivity index (χ1) is 13.5. The minimum Gasteiger partial charge on any atom is -0.435 e. The molecule has 0 unspecified atom stereocenters. The number of halogens is 2. The predicted octanol–water partition coefficient (Wildman–Crippen LogP) is 3.59. The predicted molar refractivity (Wildman–Crippen MR) is 105 cm³/mol. The van der Waals surface area contributed by atoms with Crippen LogP contribution in [0.25, 0.3) is 0 Å². The molecule has 2 aromatic rings. The molecule has 0 bridgehead atoms. The molecule has 29 heavy (non-hydrogen) atoms. The van der Waals surface area contributed by atoms with E-state index in [-0.39, 0.29) is 34.7 Å². The fourth-order valence-corrected chi connectivity index (χ4v) is 3.99. The van der Waals surface area contributed by atoms with Crippen molar-refractivity contribution < 1.29 is 26.7 Å². The zero-order chi connectivity index (χ0) is 21.8. The SMILES string of the molecule is CC(C)N(C)S(=O)(=O)c1cccc(C(=O)N(C)Cc2ccc(OC(F)F)cc2)c1. The van der Waals surface area contributed by atoms with Crippen molar-refractivity contribution in [1.29, 1.82) is 0 Å². The molecule has 0 aliphatic carbocycles. The van der Waals surface area contributed by atoms with E-state index >= 15 is 0 Å². The van der Waals surface area contributed by atoms with Crippen molar-refractivity contribution >= 4 is 15.9 Å². The third-order valence-corrected chi connectivity index (χ3v) is 6.43. The highest BCUT2D eigenvalue weighted by atomic mass is 32.2. The maximum atomic E-state index is 12.7. The summed E-state index contributed by atoms with van der Waals surface area (Å²) in [6.45, 7) is 0.843. The molecule has 0 fully saturated rings. The van der Waals surface area contributed by atoms with Crippen LogP contribution in [0.5, 0.6) is 5.75 Å². The highest BCUT2D eigenvalue weighted by molar-refractivity contribution is 7.89. The molecule has 2 aromatic carbocycles. The largest absolute Gasteiger partial charge is 0.435 e. The molecule has 0 aliphatic heterocycles. The fourth-order valence-electron chi connectivity index (χ4n) is 2.58. The van der Waals surface area contributed by atoms with E-state index in [9.17, 15) is 22.0 Å². The lowest BCUT2D eigenvalue weighted by Gasteiger charge is -2.22. The molecule has 6 nitrogen and oxygen atoms in total. The molecule has 0 atom stereocenters. The van der Waals surface area contributed by atoms with Crippen LogP contribution in [0, 0.1) is 0 Å². The highest BCUT2D eigenvalue weighted by Gasteiger charge is 2.24. The molecular weight excluding hydrogens is 402 g/mol. The van der Waals surface area contributed by atoms with Crippen LogP contribution in [0.2, 0.25) is 0 Å². The van der Waals surface area contributed by atoms with Gasteiger partial charge in [-0.3, -0.25) is 4.79 Å². The molecule has 0 saturated carbocycles. The van der Waals surface area contributed by atoms with Gasteiger partial charge in [0, 0.05) is 32.2 Å². The lowest BCUT2D eigenvalue weighted by Crippen LogP contribution is -2.33. The number of benzene rings is 2. The van der Waals surface area contributed by atoms with E-state index in [0.29, 0.717) is 5.56 Å². The van der Waals surface area contributed by atoms with Gasteiger partial charge in [0.05, 0.1) is 4.90 Å². The lowest BCUT2D eigenvalue weighted by atomic mass is 10.1. The van der Waals surface area contributed by atoms with E-state index in [4.69, 9.17) is 0 Å². The van der Waals surface area contributed by atoms with E-state index in [0.717, 1.165) is 0 Å². The summed E-state index contributed by atoms with van der Waals surface area (Å²) in [6.07, 6.45) is 0. The number of nitrogens with zero attached hydrogens (tertiary/aromatic N) is 2. The highest BCUT2D eigenvalue weighted by Crippen LogP contribution is 2.20. The van der Waals surface area contributed by atoms with E-state index in [2.05, 4.69) is 4.74 Å². The van der Waals surface area contributed by atoms with Gasteiger partial charge in [0.15, 0.2) is 0 Å². The summed E-state index contributed by atoms with van der Waals surface area (Å²) in [5.41, 5.74) is 0.953. The molecule has 0 radical (unpaired) electrons. The van der Waals surface area contributed by atoms with E-state index in [1.807, 2.05) is 0 Å². The minimum absolute atomic E-state index is 0.0323. The van der Waals surface area contributed by atoms with Crippen LogP contribution in [-0.4, -0.2) is 50.3 Å². The van der Waals surface area contributed by atoms with Crippen LogP contribution in [-0.2, 0) is 16.6 Å². The first-order valence-electron chi connectivity index (χ1n) is 8.89. The topological polar surface area (TPSA) is 66.9 Å². The third kappa shape index (κ3) is 5.74. The van der Waals surface area contributed by atoms with E-state index in [1.54, 1.807) is 39.1 Å². The van der Waals surface area contributed by atoms with Crippen molar-refractivity contribution in [2.24, 2.45) is 0 Å². The summed E-state index contributed by atoms with van der Waals surface area (Å²) < 4.78 is 55.3. The van der Waals surface area contributed by atoms with Gasteiger partial charge in [-0.1, -0.05) is 18.2 Å². The molecular formula is C20H24F2N2O4S. The molecule has 9 heteroatoms. The molecule has 1 amide bonds. The number of sulfonamides is 1. The number of alkyl halides is 2. The van der Waals surface area contributed by atoms with Gasteiger partial charge >= 0.3 is 6.61 Å². The zero-order valence-electron chi connectivity index (χ0n) is 16.7. The van der Waals surface area contributed by atoms with Gasteiger partial charge in [-0.05, 0) is 49.7 Å². The van der Waals surface area contributed by atoms with Gasteiger partial charge in [0.25, 0.3) is 5.91 Å². The number of carbonyl (C=O) groups is 1. The van der Waals surface area contributed by atoms with Gasteiger partial charge < -0.3 is 9.64 Å². The van der Waals surface area contributed by atoms with Crippen molar-refractivity contribution in [3.05, 3.63) is 59.7 Å². The van der Waals surface area contributed by atoms with Crippen LogP contribution < -0.4 is 4.74 Å². The zero-order valence-corrected chi connectivity index (χ0v) is 17.5. The Hall–Kier alpha value is -2.52. The second-order valence-corrected chi connectivity index (χ2v) is 8.82. The second-order valence-electron chi connectivity index (χ2n) is 6.83. The molecule has 2 rings (SSSR count). The quantitative estimate of drug-likeness (QED) is 0.647. The fraction of sp³-hybridized carbons (Fsp3) is 0.350. The Kier molecular flexibility index (Phi) is 7.32. The number of hydrogen-bond donors (Lipinski definition) is 0. The average Bonchev–Trinajstić information content (AvgIpc) is 2.67. The number of amides is 1. The molecule has 0 spiro atoms. The van der Waals surface area contributed by atoms with Crippen LogP contribution >= 0.6 is 0 Å². The minimum atomic E-state index is -3.71. The van der Waals surface area contributed by atoms with Crippen molar-refractivity contribution in [2.45, 2.75) is 37.9 Å². The Morgan fingerprint density at radius 1 is 1.07 bits per heavy atom. The Morgan fingerprint density at radius 3 is 2.24 bits per heavy atom. The van der Waals surface area contributed by atoms with Crippen LogP contribution in [0.15, 0.2) is 53.4 Å². The molecule has 158 valence electrons. The van der Waals surface area contributed by atoms with Crippen LogP contribution in [0.3, 0.4) is 0 Å². The Labute approximate surface area is 169 Å². The normalized spacial score (nSPS) is 11.9. The molecule has 0 aromatic heterocycles. The summed E-state index contributed by atoms with van der Waals surface area (Å²) in [7, 11) is -0.641. The van der Waals surface area contributed by atoms with Gasteiger partial charge in [-0.15, -0.1) is 0 Å². The average molecular weight is 426 g/mol. The second kappa shape index (κ2) is 9.32. The van der Waals surface area contributed by atoms with Crippen molar-refractivity contribution in [2.75, 3.05) is 14.1 Å². The summed E-state index contributed by atoms with van der Waals surface area (Å²) >= 11 is 0. The number of ether oxygens (including phenoxy) is 1. The Bertz CT molecular complexity index is 947. The maximum absolute atomic E-state index is 12.7. The van der Waals surface area contributed by atoms with Gasteiger partial charge in [0.2, 0.25) is 10.0 Å². The summed E-state index contributed by atoms with van der Waals surface area (Å²) in [5, 5.41) is 0. The molecule has 0 heterocycles. The smallest absolute Gasteiger partial charge is 0.387 e. The van der Waals surface area contributed by atoms with Gasteiger partial charge in [-0.25, -0.2) is 8.42 Å². The van der Waals surface area contributed by atoms with Crippen molar-refractivity contribution in [3.8, 4) is 5.75 Å². The summed E-state index contributed by atoms with van der Waals surface area (Å²) in [5.74, 6) is -0.327. The Balaban J connectivity index is 2.16. The van der Waals surface area contributed by atoms with Gasteiger partial charge in [-0.2, -0.15) is 13.1 Å². The molecule has 0 saturated heterocycles. The van der Waals surface area contributed by atoms with E-state index in [1.165, 1.54) is 46.6 Å². The van der Waals surface area contributed by atoms with Crippen molar-refractivity contribution in [1.82, 2.24) is 9.21 Å². The van der Waals surface area contributed by atoms with Crippen LogP contribution in [0.1, 0.15) is 29.8 Å². The first-order valence-corrected chi connectivity index (χ1v) is 10.3. The van der Waals surface area contributed by atoms with Crippen molar-refractivity contribution in [3.63, 3.8) is 0 Å². The molecule has 0 aliphatic rings. The van der Waals surface area contributed by atoms with E-state index < -0.39 is 16.6 Å². The third-order valence-electron chi connectivity index (χ3n) is 4.40. The summed E-state index contributed by atoms with van der Waals surface area (Å²) in [4.78, 5) is 14.2. The Morgan fingerprint density at radius 2 is 1.69 bits per heavy atom. The lowest BCUT2D eigenvalue weighted by molar-refractivity contribution is -0.0498. The standard InChI is InChI=1S/C20H24F2N2O4S/c1-14(2)24(4)29(26,27)18-7-5-6-16(12-18)19(25)23(3)13-15-8-10-17(11-9-15)28-20(21)22/h5-12,14,20H,13H2,1-4H3. The van der Waals surface area contributed by atoms with Gasteiger partial charge in [0.1, 0.15) is 5.75 Å². The van der Waals surface area contributed by atoms with Crippen LogP contribution in [0.4, 0.5) is 8.78 Å². The summed E-state index contributed by atoms with van der Waals surface area (Å²) in [6, 6.07) is 11.6. The first kappa shape index (κ1) is 22.8. The molecule has 0 N–H and O–H groups in total. The monoisotopic (exact) mass is 426 g/mol.